The Morgan fingerprint density at radius 1 is 1.37 bits per heavy atom. The van der Waals surface area contributed by atoms with Gasteiger partial charge in [-0.05, 0) is 0 Å². The van der Waals surface area contributed by atoms with Gasteiger partial charge < -0.3 is 10.1 Å². The number of piperazine rings is 1. The normalized spacial score (nSPS) is 22.1. The first-order valence-corrected chi connectivity index (χ1v) is 5.98. The molecule has 0 unspecified atom stereocenters. The van der Waals surface area contributed by atoms with Gasteiger partial charge in [0.2, 0.25) is 5.91 Å². The third-order valence-electron chi connectivity index (χ3n) is 3.66. The molecular weight excluding hydrogens is 256 g/mol. The first-order valence-electron chi connectivity index (χ1n) is 5.98. The molecule has 5 nitrogen and oxygen atoms in total. The number of hydrogen-bond acceptors (Lipinski definition) is 4. The van der Waals surface area contributed by atoms with Crippen molar-refractivity contribution in [1.29, 1.82) is 0 Å². The molecule has 2 fully saturated rings. The highest BCUT2D eigenvalue weighted by molar-refractivity contribution is 5.79. The van der Waals surface area contributed by atoms with Crippen molar-refractivity contribution in [3.05, 3.63) is 29.6 Å². The van der Waals surface area contributed by atoms with Gasteiger partial charge in [-0.15, -0.1) is 0 Å². The first-order chi connectivity index (χ1) is 9.11. The summed E-state index contributed by atoms with van der Waals surface area (Å²) in [6.45, 7) is 1.52. The van der Waals surface area contributed by atoms with Gasteiger partial charge in [-0.25, -0.2) is 8.78 Å². The molecule has 1 amide bonds. The number of halogens is 2. The molecule has 0 atom stereocenters. The summed E-state index contributed by atoms with van der Waals surface area (Å²) < 4.78 is 32.4. The second-order valence-corrected chi connectivity index (χ2v) is 4.93. The molecule has 2 saturated heterocycles. The molecule has 1 spiro atoms. The van der Waals surface area contributed by atoms with Crippen molar-refractivity contribution in [1.82, 2.24) is 15.2 Å². The van der Waals surface area contributed by atoms with Crippen LogP contribution in [0, 0.1) is 11.6 Å². The molecule has 2 aliphatic heterocycles. The highest BCUT2D eigenvalue weighted by Gasteiger charge is 2.47. The van der Waals surface area contributed by atoms with Gasteiger partial charge in [0.05, 0.1) is 37.7 Å². The maximum absolute atomic E-state index is 13.6. The van der Waals surface area contributed by atoms with Crippen LogP contribution >= 0.6 is 0 Å². The lowest BCUT2D eigenvalue weighted by molar-refractivity contribution is -0.164. The minimum Gasteiger partial charge on any atom is -0.377 e. The monoisotopic (exact) mass is 269 g/mol. The quantitative estimate of drug-likeness (QED) is 0.825. The molecule has 1 aromatic rings. The molecule has 1 aromatic heterocycles. The van der Waals surface area contributed by atoms with E-state index in [0.717, 1.165) is 12.4 Å². The summed E-state index contributed by atoms with van der Waals surface area (Å²) >= 11 is 0. The summed E-state index contributed by atoms with van der Waals surface area (Å²) in [4.78, 5) is 16.7. The summed E-state index contributed by atoms with van der Waals surface area (Å²) in [5.74, 6) is -1.53. The average Bonchev–Trinajstić information content (AvgIpc) is 2.32. The van der Waals surface area contributed by atoms with Gasteiger partial charge in [-0.2, -0.15) is 0 Å². The highest BCUT2D eigenvalue weighted by atomic mass is 19.1. The molecule has 19 heavy (non-hydrogen) atoms. The Labute approximate surface area is 108 Å². The fourth-order valence-electron chi connectivity index (χ4n) is 2.40. The SMILES string of the molecule is O=C1CN(Cc2c(F)cncc2F)C2(CN1)COC2. The third kappa shape index (κ3) is 2.08. The molecule has 7 heteroatoms. The molecular formula is C12H13F2N3O2. The van der Waals surface area contributed by atoms with Crippen LogP contribution in [0.1, 0.15) is 5.56 Å². The average molecular weight is 269 g/mol. The Balaban J connectivity index is 1.86. The molecule has 2 aliphatic rings. The summed E-state index contributed by atoms with van der Waals surface area (Å²) in [5, 5.41) is 2.76. The van der Waals surface area contributed by atoms with Crippen LogP contribution in [0.15, 0.2) is 12.4 Å². The predicted molar refractivity (Wildman–Crippen MR) is 61.1 cm³/mol. The van der Waals surface area contributed by atoms with E-state index in [4.69, 9.17) is 4.74 Å². The van der Waals surface area contributed by atoms with E-state index in [1.807, 2.05) is 0 Å². The van der Waals surface area contributed by atoms with Crippen LogP contribution in [-0.4, -0.2) is 47.6 Å². The topological polar surface area (TPSA) is 54.5 Å². The van der Waals surface area contributed by atoms with E-state index in [9.17, 15) is 13.6 Å². The number of amides is 1. The fourth-order valence-corrected chi connectivity index (χ4v) is 2.40. The second-order valence-electron chi connectivity index (χ2n) is 4.93. The number of rotatable bonds is 2. The summed E-state index contributed by atoms with van der Waals surface area (Å²) in [5.41, 5.74) is -0.397. The van der Waals surface area contributed by atoms with Crippen molar-refractivity contribution in [2.24, 2.45) is 0 Å². The third-order valence-corrected chi connectivity index (χ3v) is 3.66. The molecule has 0 saturated carbocycles. The molecule has 1 N–H and O–H groups in total. The number of ether oxygens (including phenoxy) is 1. The van der Waals surface area contributed by atoms with E-state index in [-0.39, 0.29) is 30.1 Å². The molecule has 102 valence electrons. The smallest absolute Gasteiger partial charge is 0.234 e. The largest absolute Gasteiger partial charge is 0.377 e. The van der Waals surface area contributed by atoms with Crippen LogP contribution in [-0.2, 0) is 16.1 Å². The number of nitrogens with one attached hydrogen (secondary N) is 1. The van der Waals surface area contributed by atoms with Crippen LogP contribution in [0.2, 0.25) is 0 Å². The van der Waals surface area contributed by atoms with Gasteiger partial charge in [-0.3, -0.25) is 14.7 Å². The van der Waals surface area contributed by atoms with Crippen molar-refractivity contribution in [3.63, 3.8) is 0 Å². The van der Waals surface area contributed by atoms with E-state index in [2.05, 4.69) is 10.3 Å². The molecule has 0 bridgehead atoms. The van der Waals surface area contributed by atoms with Gasteiger partial charge in [0.25, 0.3) is 0 Å². The zero-order valence-corrected chi connectivity index (χ0v) is 10.2. The first kappa shape index (κ1) is 12.4. The fraction of sp³-hybridized carbons (Fsp3) is 0.500. The van der Waals surface area contributed by atoms with Crippen molar-refractivity contribution in [2.45, 2.75) is 12.1 Å². The summed E-state index contributed by atoms with van der Waals surface area (Å²) in [6.07, 6.45) is 1.96. The Hall–Kier alpha value is -1.60. The molecule has 3 rings (SSSR count). The maximum Gasteiger partial charge on any atom is 0.234 e. The van der Waals surface area contributed by atoms with Crippen molar-refractivity contribution >= 4 is 5.91 Å². The number of carbonyl (C=O) groups is 1. The summed E-state index contributed by atoms with van der Waals surface area (Å²) in [6, 6.07) is 0. The Morgan fingerprint density at radius 3 is 2.63 bits per heavy atom. The number of hydrogen-bond donors (Lipinski definition) is 1. The van der Waals surface area contributed by atoms with Crippen LogP contribution in [0.5, 0.6) is 0 Å². The molecule has 0 radical (unpaired) electrons. The van der Waals surface area contributed by atoms with Crippen LogP contribution in [0.3, 0.4) is 0 Å². The zero-order valence-electron chi connectivity index (χ0n) is 10.2. The predicted octanol–water partition coefficient (Wildman–Crippen LogP) is 0.0606. The summed E-state index contributed by atoms with van der Waals surface area (Å²) in [7, 11) is 0. The lowest BCUT2D eigenvalue weighted by Gasteiger charge is -2.51. The Bertz CT molecular complexity index is 499. The Morgan fingerprint density at radius 2 is 2.05 bits per heavy atom. The van der Waals surface area contributed by atoms with Gasteiger partial charge in [0.1, 0.15) is 11.6 Å². The maximum atomic E-state index is 13.6. The molecule has 3 heterocycles. The van der Waals surface area contributed by atoms with Gasteiger partial charge in [0.15, 0.2) is 0 Å². The second kappa shape index (κ2) is 4.50. The molecule has 0 aromatic carbocycles. The highest BCUT2D eigenvalue weighted by Crippen LogP contribution is 2.29. The Kier molecular flexibility index (Phi) is 2.94. The molecule has 0 aliphatic carbocycles. The minimum atomic E-state index is -0.693. The minimum absolute atomic E-state index is 0.0387. The van der Waals surface area contributed by atoms with Crippen molar-refractivity contribution in [3.8, 4) is 0 Å². The van der Waals surface area contributed by atoms with E-state index in [1.54, 1.807) is 4.90 Å². The van der Waals surface area contributed by atoms with Crippen molar-refractivity contribution < 1.29 is 18.3 Å². The van der Waals surface area contributed by atoms with Gasteiger partial charge >= 0.3 is 0 Å². The van der Waals surface area contributed by atoms with E-state index < -0.39 is 11.6 Å². The van der Waals surface area contributed by atoms with Crippen LogP contribution in [0.25, 0.3) is 0 Å². The van der Waals surface area contributed by atoms with Crippen LogP contribution < -0.4 is 5.32 Å². The lowest BCUT2D eigenvalue weighted by Crippen LogP contribution is -2.71. The number of aromatic nitrogens is 1. The van der Waals surface area contributed by atoms with E-state index >= 15 is 0 Å². The lowest BCUT2D eigenvalue weighted by atomic mass is 9.92. The van der Waals surface area contributed by atoms with Crippen molar-refractivity contribution in [2.75, 3.05) is 26.3 Å². The van der Waals surface area contributed by atoms with Crippen LogP contribution in [0.4, 0.5) is 8.78 Å². The van der Waals surface area contributed by atoms with E-state index in [0.29, 0.717) is 19.8 Å². The zero-order chi connectivity index (χ0) is 13.5. The van der Waals surface area contributed by atoms with Gasteiger partial charge in [0, 0.05) is 18.7 Å². The standard InChI is InChI=1S/C12H13F2N3O2/c13-9-1-15-2-10(14)8(9)3-17-4-11(18)16-5-12(17)6-19-7-12/h1-2H,3-7H2,(H,16,18). The van der Waals surface area contributed by atoms with Gasteiger partial charge in [-0.1, -0.05) is 0 Å². The van der Waals surface area contributed by atoms with E-state index in [1.165, 1.54) is 0 Å². The number of pyridine rings is 1. The number of carbonyl (C=O) groups excluding carboxylic acids is 1. The number of nitrogens with zero attached hydrogens (tertiary/aromatic N) is 2.